The van der Waals surface area contributed by atoms with Gasteiger partial charge in [-0.2, -0.15) is 0 Å². The summed E-state index contributed by atoms with van der Waals surface area (Å²) in [6, 6.07) is 15.5. The minimum Gasteiger partial charge on any atom is -0.497 e. The predicted molar refractivity (Wildman–Crippen MR) is 109 cm³/mol. The lowest BCUT2D eigenvalue weighted by Gasteiger charge is -2.02. The van der Waals surface area contributed by atoms with Crippen LogP contribution in [-0.4, -0.2) is 17.1 Å². The van der Waals surface area contributed by atoms with Crippen molar-refractivity contribution in [2.24, 2.45) is 11.5 Å². The largest absolute Gasteiger partial charge is 0.497 e. The number of methoxy groups -OCH3 is 1. The monoisotopic (exact) mass is 444 g/mol. The van der Waals surface area contributed by atoms with Crippen molar-refractivity contribution in [3.05, 3.63) is 63.2 Å². The van der Waals surface area contributed by atoms with Gasteiger partial charge in [0, 0.05) is 15.6 Å². The van der Waals surface area contributed by atoms with E-state index in [4.69, 9.17) is 40.6 Å². The van der Waals surface area contributed by atoms with Crippen molar-refractivity contribution >= 4 is 57.0 Å². The second-order valence-corrected chi connectivity index (χ2v) is 6.58. The van der Waals surface area contributed by atoms with Crippen molar-refractivity contribution in [1.29, 1.82) is 0 Å². The minimum atomic E-state index is 0.457. The highest BCUT2D eigenvalue weighted by molar-refractivity contribution is 14.1. The molecule has 0 aliphatic heterocycles. The van der Waals surface area contributed by atoms with Crippen LogP contribution in [0, 0.1) is 3.57 Å². The van der Waals surface area contributed by atoms with Crippen LogP contribution < -0.4 is 16.2 Å². The van der Waals surface area contributed by atoms with Crippen molar-refractivity contribution in [3.8, 4) is 5.75 Å². The zero-order valence-electron chi connectivity index (χ0n) is 12.1. The van der Waals surface area contributed by atoms with Crippen LogP contribution in [0.4, 0.5) is 0 Å². The number of thiocarbonyl (C=S) groups is 2. The standard InChI is InChI=1S/C9H11NOS.C7H6INS/c1-11-8-4-2-3-7(5-8)6-9(10)12;8-6-3-1-2-5(4-6)7(9)10/h2-5H,6H2,1H3,(H2,10,12);1-4H,(H2,9,10). The zero-order valence-corrected chi connectivity index (χ0v) is 15.9. The molecule has 0 bridgehead atoms. The molecule has 0 aliphatic carbocycles. The van der Waals surface area contributed by atoms with Gasteiger partial charge in [-0.1, -0.05) is 48.7 Å². The number of rotatable bonds is 4. The summed E-state index contributed by atoms with van der Waals surface area (Å²) >= 11 is 11.8. The Morgan fingerprint density at radius 2 is 1.77 bits per heavy atom. The Kier molecular flexibility index (Phi) is 8.29. The van der Waals surface area contributed by atoms with Gasteiger partial charge in [0.15, 0.2) is 0 Å². The van der Waals surface area contributed by atoms with Crippen LogP contribution in [0.25, 0.3) is 0 Å². The molecule has 3 nitrogen and oxygen atoms in total. The number of ether oxygens (including phenoxy) is 1. The van der Waals surface area contributed by atoms with E-state index in [-0.39, 0.29) is 0 Å². The fourth-order valence-corrected chi connectivity index (χ4v) is 2.46. The van der Waals surface area contributed by atoms with Gasteiger partial charge in [0.1, 0.15) is 10.7 Å². The van der Waals surface area contributed by atoms with Crippen molar-refractivity contribution in [3.63, 3.8) is 0 Å². The first kappa shape index (κ1) is 18.8. The minimum absolute atomic E-state index is 0.457. The van der Waals surface area contributed by atoms with Gasteiger partial charge < -0.3 is 16.2 Å². The Balaban J connectivity index is 0.000000224. The van der Waals surface area contributed by atoms with Crippen molar-refractivity contribution in [1.82, 2.24) is 0 Å². The van der Waals surface area contributed by atoms with E-state index in [1.54, 1.807) is 7.11 Å². The summed E-state index contributed by atoms with van der Waals surface area (Å²) in [4.78, 5) is 0.960. The molecule has 22 heavy (non-hydrogen) atoms. The molecule has 2 aromatic rings. The maximum atomic E-state index is 5.41. The van der Waals surface area contributed by atoms with E-state index in [1.165, 1.54) is 0 Å². The van der Waals surface area contributed by atoms with Gasteiger partial charge in [0.25, 0.3) is 0 Å². The summed E-state index contributed by atoms with van der Waals surface area (Å²) in [5.41, 5.74) is 12.8. The lowest BCUT2D eigenvalue weighted by atomic mass is 10.1. The smallest absolute Gasteiger partial charge is 0.119 e. The van der Waals surface area contributed by atoms with Crippen molar-refractivity contribution < 1.29 is 4.74 Å². The molecule has 0 unspecified atom stereocenters. The van der Waals surface area contributed by atoms with Crippen LogP contribution in [0.5, 0.6) is 5.75 Å². The molecule has 4 N–H and O–H groups in total. The van der Waals surface area contributed by atoms with Gasteiger partial charge in [-0.05, 0) is 52.4 Å². The molecule has 0 aliphatic rings. The summed E-state index contributed by atoms with van der Waals surface area (Å²) in [5, 5.41) is 0. The molecule has 0 spiro atoms. The summed E-state index contributed by atoms with van der Waals surface area (Å²) in [5.74, 6) is 0.837. The Morgan fingerprint density at radius 3 is 2.27 bits per heavy atom. The fourth-order valence-electron chi connectivity index (χ4n) is 1.63. The number of benzene rings is 2. The van der Waals surface area contributed by atoms with Gasteiger partial charge in [-0.3, -0.25) is 0 Å². The molecule has 0 radical (unpaired) electrons. The van der Waals surface area contributed by atoms with Crippen LogP contribution >= 0.6 is 47.0 Å². The van der Waals surface area contributed by atoms with E-state index >= 15 is 0 Å². The second kappa shape index (κ2) is 9.70. The molecular weight excluding hydrogens is 427 g/mol. The van der Waals surface area contributed by atoms with Crippen LogP contribution in [0.15, 0.2) is 48.5 Å². The fraction of sp³-hybridized carbons (Fsp3) is 0.125. The molecule has 0 amide bonds. The third-order valence-electron chi connectivity index (χ3n) is 2.62. The summed E-state index contributed by atoms with van der Waals surface area (Å²) in [6.07, 6.45) is 0.631. The Bertz CT molecular complexity index is 662. The quantitative estimate of drug-likeness (QED) is 0.559. The molecule has 6 heteroatoms. The maximum Gasteiger partial charge on any atom is 0.119 e. The second-order valence-electron chi connectivity index (χ2n) is 4.37. The molecule has 2 rings (SSSR count). The SMILES string of the molecule is COc1cccc(CC(N)=S)c1.NC(=S)c1cccc(I)c1. The Labute approximate surface area is 155 Å². The normalized spacial score (nSPS) is 9.36. The molecule has 2 aromatic carbocycles. The van der Waals surface area contributed by atoms with Crippen LogP contribution in [0.1, 0.15) is 11.1 Å². The average molecular weight is 444 g/mol. The average Bonchev–Trinajstić information content (AvgIpc) is 2.47. The molecule has 0 atom stereocenters. The van der Waals surface area contributed by atoms with Gasteiger partial charge in [0.05, 0.1) is 12.1 Å². The van der Waals surface area contributed by atoms with E-state index in [0.717, 1.165) is 20.4 Å². The van der Waals surface area contributed by atoms with Crippen molar-refractivity contribution in [2.45, 2.75) is 6.42 Å². The highest BCUT2D eigenvalue weighted by atomic mass is 127. The van der Waals surface area contributed by atoms with Crippen LogP contribution in [0.2, 0.25) is 0 Å². The number of hydrogen-bond acceptors (Lipinski definition) is 3. The first-order valence-corrected chi connectivity index (χ1v) is 8.28. The molecular formula is C16H17IN2OS2. The molecule has 116 valence electrons. The highest BCUT2D eigenvalue weighted by Crippen LogP contribution is 2.12. The molecule has 0 heterocycles. The van der Waals surface area contributed by atoms with E-state index in [0.29, 0.717) is 16.4 Å². The molecule has 0 saturated heterocycles. The number of hydrogen-bond donors (Lipinski definition) is 2. The summed E-state index contributed by atoms with van der Waals surface area (Å²) < 4.78 is 6.21. The van der Waals surface area contributed by atoms with Crippen LogP contribution in [-0.2, 0) is 6.42 Å². The summed E-state index contributed by atoms with van der Waals surface area (Å²) in [6.45, 7) is 0. The van der Waals surface area contributed by atoms with E-state index in [1.807, 2.05) is 48.5 Å². The van der Waals surface area contributed by atoms with E-state index in [2.05, 4.69) is 22.6 Å². The Hall–Kier alpha value is -1.25. The third kappa shape index (κ3) is 7.15. The first-order valence-electron chi connectivity index (χ1n) is 6.39. The zero-order chi connectivity index (χ0) is 16.5. The van der Waals surface area contributed by atoms with Gasteiger partial charge in [-0.15, -0.1) is 0 Å². The number of halogens is 1. The van der Waals surface area contributed by atoms with E-state index < -0.39 is 0 Å². The lowest BCUT2D eigenvalue weighted by molar-refractivity contribution is 0.414. The Morgan fingerprint density at radius 1 is 1.09 bits per heavy atom. The van der Waals surface area contributed by atoms with Crippen molar-refractivity contribution in [2.75, 3.05) is 7.11 Å². The number of nitrogens with two attached hydrogens (primary N) is 2. The molecule has 0 fully saturated rings. The molecule has 0 saturated carbocycles. The molecule has 0 aromatic heterocycles. The first-order chi connectivity index (χ1) is 10.4. The van der Waals surface area contributed by atoms with Gasteiger partial charge in [0.2, 0.25) is 0 Å². The lowest BCUT2D eigenvalue weighted by Crippen LogP contribution is -2.10. The highest BCUT2D eigenvalue weighted by Gasteiger charge is 1.96. The van der Waals surface area contributed by atoms with Crippen LogP contribution in [0.3, 0.4) is 0 Å². The van der Waals surface area contributed by atoms with E-state index in [9.17, 15) is 0 Å². The topological polar surface area (TPSA) is 61.3 Å². The third-order valence-corrected chi connectivity index (χ3v) is 3.67. The van der Waals surface area contributed by atoms with Gasteiger partial charge in [-0.25, -0.2) is 0 Å². The van der Waals surface area contributed by atoms with Gasteiger partial charge >= 0.3 is 0 Å². The predicted octanol–water partition coefficient (Wildman–Crippen LogP) is 3.45. The summed E-state index contributed by atoms with van der Waals surface area (Å²) in [7, 11) is 1.64. The maximum absolute atomic E-state index is 5.41.